The largest absolute Gasteiger partial charge is 0.393 e. The van der Waals surface area contributed by atoms with Gasteiger partial charge in [0, 0.05) is 13.0 Å². The maximum atomic E-state index is 11.2. The fourth-order valence-electron chi connectivity index (χ4n) is 1.53. The first-order valence-corrected chi connectivity index (χ1v) is 5.32. The summed E-state index contributed by atoms with van der Waals surface area (Å²) in [5, 5.41) is 12.1. The van der Waals surface area contributed by atoms with E-state index in [4.69, 9.17) is 0 Å². The van der Waals surface area contributed by atoms with E-state index in [0.29, 0.717) is 19.4 Å². The lowest BCUT2D eigenvalue weighted by Crippen LogP contribution is -2.35. The van der Waals surface area contributed by atoms with Crippen molar-refractivity contribution >= 4 is 5.91 Å². The van der Waals surface area contributed by atoms with Gasteiger partial charge in [-0.3, -0.25) is 4.79 Å². The van der Waals surface area contributed by atoms with Crippen LogP contribution in [0, 0.1) is 5.41 Å². The van der Waals surface area contributed by atoms with Crippen molar-refractivity contribution in [2.75, 3.05) is 6.54 Å². The van der Waals surface area contributed by atoms with Crippen LogP contribution in [0.15, 0.2) is 0 Å². The Bertz CT molecular complexity index is 176. The van der Waals surface area contributed by atoms with Gasteiger partial charge in [0.1, 0.15) is 0 Å². The predicted octanol–water partition coefficient (Wildman–Crippen LogP) is 1.70. The molecule has 0 heterocycles. The molecule has 0 aliphatic carbocycles. The van der Waals surface area contributed by atoms with Crippen molar-refractivity contribution in [3.63, 3.8) is 0 Å². The van der Waals surface area contributed by atoms with E-state index in [2.05, 4.69) is 5.32 Å². The average Bonchev–Trinajstić information content (AvgIpc) is 1.99. The fraction of sp³-hybridized carbons (Fsp3) is 0.909. The molecule has 0 radical (unpaired) electrons. The van der Waals surface area contributed by atoms with Gasteiger partial charge in [-0.15, -0.1) is 0 Å². The van der Waals surface area contributed by atoms with Gasteiger partial charge in [-0.25, -0.2) is 0 Å². The van der Waals surface area contributed by atoms with Gasteiger partial charge in [0.05, 0.1) is 6.10 Å². The van der Waals surface area contributed by atoms with E-state index in [0.717, 1.165) is 6.42 Å². The Kier molecular flexibility index (Phi) is 5.77. The highest BCUT2D eigenvalue weighted by atomic mass is 16.3. The van der Waals surface area contributed by atoms with Crippen LogP contribution < -0.4 is 5.32 Å². The topological polar surface area (TPSA) is 49.3 Å². The zero-order valence-corrected chi connectivity index (χ0v) is 9.76. The second-order valence-electron chi connectivity index (χ2n) is 4.74. The van der Waals surface area contributed by atoms with Crippen LogP contribution in [0.1, 0.15) is 47.0 Å². The SMILES string of the molecule is CCCC(=O)NCC(C)(C)CC(C)O. The molecule has 84 valence electrons. The molecule has 3 heteroatoms. The number of aliphatic hydroxyl groups excluding tert-OH is 1. The number of nitrogens with one attached hydrogen (secondary N) is 1. The number of hydrogen-bond acceptors (Lipinski definition) is 2. The summed E-state index contributed by atoms with van der Waals surface area (Å²) in [5.74, 6) is 0.103. The zero-order valence-electron chi connectivity index (χ0n) is 9.76. The molecule has 0 spiro atoms. The number of aliphatic hydroxyl groups is 1. The maximum Gasteiger partial charge on any atom is 0.220 e. The van der Waals surface area contributed by atoms with Crippen molar-refractivity contribution in [2.45, 2.75) is 53.1 Å². The molecule has 14 heavy (non-hydrogen) atoms. The summed E-state index contributed by atoms with van der Waals surface area (Å²) in [6.45, 7) is 8.49. The number of carbonyl (C=O) groups excluding carboxylic acids is 1. The second kappa shape index (κ2) is 6.02. The van der Waals surface area contributed by atoms with E-state index in [1.165, 1.54) is 0 Å². The average molecular weight is 201 g/mol. The molecule has 0 aliphatic heterocycles. The maximum absolute atomic E-state index is 11.2. The van der Waals surface area contributed by atoms with Gasteiger partial charge in [-0.2, -0.15) is 0 Å². The molecule has 0 rings (SSSR count). The molecule has 0 bridgehead atoms. The molecule has 1 atom stereocenters. The van der Waals surface area contributed by atoms with E-state index in [1.807, 2.05) is 20.8 Å². The Morgan fingerprint density at radius 3 is 2.50 bits per heavy atom. The number of carbonyl (C=O) groups is 1. The monoisotopic (exact) mass is 201 g/mol. The van der Waals surface area contributed by atoms with E-state index in [1.54, 1.807) is 6.92 Å². The highest BCUT2D eigenvalue weighted by molar-refractivity contribution is 5.75. The normalized spacial score (nSPS) is 13.8. The summed E-state index contributed by atoms with van der Waals surface area (Å²) < 4.78 is 0. The van der Waals surface area contributed by atoms with E-state index >= 15 is 0 Å². The van der Waals surface area contributed by atoms with Crippen molar-refractivity contribution < 1.29 is 9.90 Å². The first-order chi connectivity index (χ1) is 6.37. The molecule has 0 saturated carbocycles. The molecular formula is C11H23NO2. The third-order valence-corrected chi connectivity index (χ3v) is 2.09. The Labute approximate surface area is 86.9 Å². The minimum Gasteiger partial charge on any atom is -0.393 e. The Hall–Kier alpha value is -0.570. The van der Waals surface area contributed by atoms with Crippen molar-refractivity contribution in [2.24, 2.45) is 5.41 Å². The van der Waals surface area contributed by atoms with Gasteiger partial charge >= 0.3 is 0 Å². The predicted molar refractivity (Wildman–Crippen MR) is 58.0 cm³/mol. The van der Waals surface area contributed by atoms with Crippen molar-refractivity contribution in [1.29, 1.82) is 0 Å². The molecule has 0 aromatic heterocycles. The van der Waals surface area contributed by atoms with E-state index in [9.17, 15) is 9.90 Å². The van der Waals surface area contributed by atoms with Gasteiger partial charge in [0.25, 0.3) is 0 Å². The van der Waals surface area contributed by atoms with Gasteiger partial charge in [-0.1, -0.05) is 20.8 Å². The summed E-state index contributed by atoms with van der Waals surface area (Å²) in [5.41, 5.74) is -0.0302. The van der Waals surface area contributed by atoms with Crippen LogP contribution in [0.3, 0.4) is 0 Å². The number of amides is 1. The summed E-state index contributed by atoms with van der Waals surface area (Å²) in [7, 11) is 0. The standard InChI is InChI=1S/C11H23NO2/c1-5-6-10(14)12-8-11(3,4)7-9(2)13/h9,13H,5-8H2,1-4H3,(H,12,14). The number of hydrogen-bond donors (Lipinski definition) is 2. The zero-order chi connectivity index (χ0) is 11.2. The molecule has 0 aromatic rings. The van der Waals surface area contributed by atoms with Crippen LogP contribution in [-0.4, -0.2) is 23.7 Å². The van der Waals surface area contributed by atoms with Gasteiger partial charge < -0.3 is 10.4 Å². The highest BCUT2D eigenvalue weighted by Gasteiger charge is 2.20. The molecule has 2 N–H and O–H groups in total. The minimum atomic E-state index is -0.312. The molecule has 0 saturated heterocycles. The third kappa shape index (κ3) is 6.89. The Morgan fingerprint density at radius 1 is 1.50 bits per heavy atom. The lowest BCUT2D eigenvalue weighted by Gasteiger charge is -2.26. The Morgan fingerprint density at radius 2 is 2.07 bits per heavy atom. The van der Waals surface area contributed by atoms with Crippen molar-refractivity contribution in [3.8, 4) is 0 Å². The van der Waals surface area contributed by atoms with Gasteiger partial charge in [0.15, 0.2) is 0 Å². The second-order valence-corrected chi connectivity index (χ2v) is 4.74. The van der Waals surface area contributed by atoms with Crippen LogP contribution in [0.2, 0.25) is 0 Å². The molecule has 3 nitrogen and oxygen atoms in total. The fourth-order valence-corrected chi connectivity index (χ4v) is 1.53. The summed E-state index contributed by atoms with van der Waals surface area (Å²) >= 11 is 0. The third-order valence-electron chi connectivity index (χ3n) is 2.09. The molecule has 0 aromatic carbocycles. The quantitative estimate of drug-likeness (QED) is 0.687. The van der Waals surface area contributed by atoms with Crippen LogP contribution in [0.4, 0.5) is 0 Å². The highest BCUT2D eigenvalue weighted by Crippen LogP contribution is 2.20. The smallest absolute Gasteiger partial charge is 0.220 e. The van der Waals surface area contributed by atoms with Gasteiger partial charge in [0.2, 0.25) is 5.91 Å². The molecule has 1 amide bonds. The lowest BCUT2D eigenvalue weighted by atomic mass is 9.87. The minimum absolute atomic E-state index is 0.0302. The van der Waals surface area contributed by atoms with Crippen LogP contribution in [0.25, 0.3) is 0 Å². The molecule has 1 unspecified atom stereocenters. The summed E-state index contributed by atoms with van der Waals surface area (Å²) in [6, 6.07) is 0. The Balaban J connectivity index is 3.80. The van der Waals surface area contributed by atoms with Crippen LogP contribution in [0.5, 0.6) is 0 Å². The van der Waals surface area contributed by atoms with E-state index in [-0.39, 0.29) is 17.4 Å². The first kappa shape index (κ1) is 13.4. The first-order valence-electron chi connectivity index (χ1n) is 5.32. The molecular weight excluding hydrogens is 178 g/mol. The van der Waals surface area contributed by atoms with Crippen LogP contribution >= 0.6 is 0 Å². The summed E-state index contributed by atoms with van der Waals surface area (Å²) in [4.78, 5) is 11.2. The molecule has 0 aliphatic rings. The summed E-state index contributed by atoms with van der Waals surface area (Å²) in [6.07, 6.45) is 1.86. The van der Waals surface area contributed by atoms with Crippen LogP contribution in [-0.2, 0) is 4.79 Å². The van der Waals surface area contributed by atoms with Crippen molar-refractivity contribution in [3.05, 3.63) is 0 Å². The molecule has 0 fully saturated rings. The number of rotatable bonds is 6. The lowest BCUT2D eigenvalue weighted by molar-refractivity contribution is -0.121. The van der Waals surface area contributed by atoms with Gasteiger partial charge in [-0.05, 0) is 25.2 Å². The van der Waals surface area contributed by atoms with E-state index < -0.39 is 0 Å². The van der Waals surface area contributed by atoms with Crippen molar-refractivity contribution in [1.82, 2.24) is 5.32 Å².